The molecule has 0 aliphatic carbocycles. The third-order valence-electron chi connectivity index (χ3n) is 4.37. The Hall–Kier alpha value is -1.50. The van der Waals surface area contributed by atoms with Crippen LogP contribution in [0.15, 0.2) is 32.8 Å². The first kappa shape index (κ1) is 20.8. The fourth-order valence-corrected chi connectivity index (χ4v) is 4.93. The summed E-state index contributed by atoms with van der Waals surface area (Å²) >= 11 is 6.34. The van der Waals surface area contributed by atoms with E-state index in [2.05, 4.69) is 30.1 Å². The summed E-state index contributed by atoms with van der Waals surface area (Å²) in [7, 11) is 0. The van der Waals surface area contributed by atoms with E-state index in [1.807, 2.05) is 46.8 Å². The minimum absolute atomic E-state index is 0.749. The van der Waals surface area contributed by atoms with Gasteiger partial charge in [-0.2, -0.15) is 10.2 Å². The van der Waals surface area contributed by atoms with Crippen molar-refractivity contribution < 1.29 is 0 Å². The highest BCUT2D eigenvalue weighted by molar-refractivity contribution is 7.99. The summed E-state index contributed by atoms with van der Waals surface area (Å²) in [6.45, 7) is 1.50. The maximum atomic E-state index is 4.66. The summed E-state index contributed by atoms with van der Waals surface area (Å²) in [4.78, 5) is 18.5. The molecule has 0 N–H and O–H groups in total. The van der Waals surface area contributed by atoms with E-state index in [4.69, 9.17) is 0 Å². The van der Waals surface area contributed by atoms with Crippen molar-refractivity contribution in [3.8, 4) is 0 Å². The highest BCUT2D eigenvalue weighted by Crippen LogP contribution is 2.27. The van der Waals surface area contributed by atoms with Crippen LogP contribution >= 0.6 is 47.0 Å². The third kappa shape index (κ3) is 4.07. The van der Waals surface area contributed by atoms with Crippen LogP contribution in [0, 0.1) is 0 Å². The maximum Gasteiger partial charge on any atom is 0.190 e. The second-order valence-corrected chi connectivity index (χ2v) is 9.14. The second kappa shape index (κ2) is 9.11. The number of nitrogens with zero attached hydrogens (tertiary/aromatic N) is 8. The van der Waals surface area contributed by atoms with Crippen LogP contribution in [-0.4, -0.2) is 64.5 Å². The molecule has 0 aliphatic heterocycles. The molecule has 4 aromatic rings. The van der Waals surface area contributed by atoms with Crippen LogP contribution in [0.5, 0.6) is 0 Å². The summed E-state index contributed by atoms with van der Waals surface area (Å²) in [5.74, 6) is 0. The molecule has 0 saturated heterocycles. The van der Waals surface area contributed by atoms with E-state index in [9.17, 15) is 0 Å². The Bertz CT molecular complexity index is 1070. The van der Waals surface area contributed by atoms with Gasteiger partial charge in [0, 0.05) is 13.1 Å². The molecule has 0 bridgehead atoms. The van der Waals surface area contributed by atoms with Crippen LogP contribution in [0.2, 0.25) is 0 Å². The summed E-state index contributed by atoms with van der Waals surface area (Å²) < 4.78 is 3.91. The second-order valence-electron chi connectivity index (χ2n) is 6.00. The number of hydrogen-bond acceptors (Lipinski definition) is 10. The van der Waals surface area contributed by atoms with Crippen molar-refractivity contribution in [3.05, 3.63) is 12.4 Å². The quantitative estimate of drug-likeness (QED) is 0.217. The van der Waals surface area contributed by atoms with Crippen LogP contribution < -0.4 is 0 Å². The molecule has 0 spiro atoms. The molecule has 8 nitrogen and oxygen atoms in total. The average molecular weight is 465 g/mol. The molecular weight excluding hydrogens is 445 g/mol. The molecule has 0 fully saturated rings. The average Bonchev–Trinajstić information content (AvgIpc) is 3.36. The largest absolute Gasteiger partial charge is 0.247 e. The van der Waals surface area contributed by atoms with Crippen molar-refractivity contribution in [1.82, 2.24) is 39.5 Å². The normalized spacial score (nSPS) is 11.7. The van der Waals surface area contributed by atoms with E-state index in [1.165, 1.54) is 0 Å². The van der Waals surface area contributed by atoms with Crippen LogP contribution in [0.4, 0.5) is 0 Å². The molecule has 0 saturated carbocycles. The molecular formula is C17H20N8S4. The molecule has 0 aliphatic rings. The minimum atomic E-state index is 0.749. The zero-order valence-electron chi connectivity index (χ0n) is 16.5. The van der Waals surface area contributed by atoms with E-state index in [0.29, 0.717) is 0 Å². The zero-order chi connectivity index (χ0) is 20.4. The fraction of sp³-hybridized carbons (Fsp3) is 0.412. The lowest BCUT2D eigenvalue weighted by molar-refractivity contribution is 0.512. The monoisotopic (exact) mass is 464 g/mol. The molecule has 4 aromatic heterocycles. The number of fused-ring (bicyclic) bond motifs is 2. The highest BCUT2D eigenvalue weighted by Gasteiger charge is 2.14. The number of rotatable bonds is 8. The van der Waals surface area contributed by atoms with Crippen molar-refractivity contribution in [2.75, 3.05) is 25.0 Å². The summed E-state index contributed by atoms with van der Waals surface area (Å²) in [5.41, 5.74) is 1.77. The summed E-state index contributed by atoms with van der Waals surface area (Å²) in [6.07, 6.45) is 12.6. The zero-order valence-corrected chi connectivity index (χ0v) is 19.8. The van der Waals surface area contributed by atoms with Crippen LogP contribution in [0.1, 0.15) is 6.42 Å². The summed E-state index contributed by atoms with van der Waals surface area (Å²) in [5, 5.41) is 14.6. The van der Waals surface area contributed by atoms with Crippen LogP contribution in [0.3, 0.4) is 0 Å². The van der Waals surface area contributed by atoms with Gasteiger partial charge in [0.1, 0.15) is 10.1 Å². The van der Waals surface area contributed by atoms with Crippen LogP contribution in [0.25, 0.3) is 22.1 Å². The Morgan fingerprint density at radius 2 is 1.10 bits per heavy atom. The van der Waals surface area contributed by atoms with E-state index >= 15 is 0 Å². The number of hydrogen-bond donors (Lipinski definition) is 0. The molecule has 0 aromatic carbocycles. The predicted molar refractivity (Wildman–Crippen MR) is 122 cm³/mol. The van der Waals surface area contributed by atoms with Crippen molar-refractivity contribution in [1.29, 1.82) is 0 Å². The first-order valence-corrected chi connectivity index (χ1v) is 13.7. The minimum Gasteiger partial charge on any atom is -0.247 e. The van der Waals surface area contributed by atoms with Gasteiger partial charge in [0.2, 0.25) is 0 Å². The van der Waals surface area contributed by atoms with E-state index in [-0.39, 0.29) is 0 Å². The van der Waals surface area contributed by atoms with Gasteiger partial charge in [-0.1, -0.05) is 23.5 Å². The first-order chi connectivity index (χ1) is 14.2. The Kier molecular flexibility index (Phi) is 6.52. The van der Waals surface area contributed by atoms with E-state index < -0.39 is 0 Å². The van der Waals surface area contributed by atoms with Gasteiger partial charge < -0.3 is 0 Å². The smallest absolute Gasteiger partial charge is 0.190 e. The maximum absolute atomic E-state index is 4.66. The SMILES string of the molecule is CSc1nc(SC)c2cnn(CCCn3ncc4c(SC)nc(SC)nc43)c2n1. The van der Waals surface area contributed by atoms with E-state index in [0.717, 1.165) is 61.9 Å². The van der Waals surface area contributed by atoms with Gasteiger partial charge in [-0.15, -0.1) is 23.5 Å². The molecule has 152 valence electrons. The molecule has 4 heterocycles. The van der Waals surface area contributed by atoms with Gasteiger partial charge in [0.15, 0.2) is 21.6 Å². The molecule has 0 unspecified atom stereocenters. The van der Waals surface area contributed by atoms with Gasteiger partial charge in [-0.05, 0) is 31.4 Å². The van der Waals surface area contributed by atoms with Crippen molar-refractivity contribution in [3.63, 3.8) is 0 Å². The number of aromatic nitrogens is 8. The Labute approximate surface area is 185 Å². The fourth-order valence-electron chi connectivity index (χ4n) is 3.01. The van der Waals surface area contributed by atoms with Gasteiger partial charge in [-0.3, -0.25) is 0 Å². The van der Waals surface area contributed by atoms with Crippen molar-refractivity contribution >= 4 is 69.1 Å². The molecule has 0 atom stereocenters. The lowest BCUT2D eigenvalue weighted by atomic mass is 10.4. The number of thioether (sulfide) groups is 4. The lowest BCUT2D eigenvalue weighted by Crippen LogP contribution is -2.08. The summed E-state index contributed by atoms with van der Waals surface area (Å²) in [6, 6.07) is 0. The Morgan fingerprint density at radius 3 is 1.48 bits per heavy atom. The third-order valence-corrected chi connectivity index (χ3v) is 6.86. The number of aryl methyl sites for hydroxylation is 2. The highest BCUT2D eigenvalue weighted by atomic mass is 32.2. The topological polar surface area (TPSA) is 87.2 Å². The molecule has 4 rings (SSSR count). The lowest BCUT2D eigenvalue weighted by Gasteiger charge is -2.07. The van der Waals surface area contributed by atoms with Gasteiger partial charge in [0.05, 0.1) is 23.2 Å². The molecule has 29 heavy (non-hydrogen) atoms. The van der Waals surface area contributed by atoms with Gasteiger partial charge in [0.25, 0.3) is 0 Å². The van der Waals surface area contributed by atoms with E-state index in [1.54, 1.807) is 47.0 Å². The van der Waals surface area contributed by atoms with Crippen molar-refractivity contribution in [2.24, 2.45) is 0 Å². The van der Waals surface area contributed by atoms with Crippen molar-refractivity contribution in [2.45, 2.75) is 39.9 Å². The first-order valence-electron chi connectivity index (χ1n) is 8.81. The molecule has 0 radical (unpaired) electrons. The molecule has 12 heteroatoms. The van der Waals surface area contributed by atoms with Crippen LogP contribution in [-0.2, 0) is 13.1 Å². The predicted octanol–water partition coefficient (Wildman–Crippen LogP) is 3.94. The molecule has 0 amide bonds. The van der Waals surface area contributed by atoms with Gasteiger partial charge in [-0.25, -0.2) is 29.3 Å². The van der Waals surface area contributed by atoms with Gasteiger partial charge >= 0.3 is 0 Å². The Balaban J connectivity index is 1.56. The standard InChI is InChI=1S/C17H20N8S4/c1-26-14-10-8-18-24(12(10)20-16(22-14)28-3)6-5-7-25-13-11(9-19-25)15(27-2)23-17(21-13)29-4/h8-9H,5-7H2,1-4H3. The Morgan fingerprint density at radius 1 is 0.655 bits per heavy atom.